The lowest BCUT2D eigenvalue weighted by Gasteiger charge is -2.21. The number of pyridine rings is 1. The van der Waals surface area contributed by atoms with Gasteiger partial charge in [-0.3, -0.25) is 0 Å². The minimum atomic E-state index is -0.492. The quantitative estimate of drug-likeness (QED) is 0.768. The lowest BCUT2D eigenvalue weighted by Crippen LogP contribution is -2.26. The van der Waals surface area contributed by atoms with Gasteiger partial charge in [-0.1, -0.05) is 12.8 Å². The molecule has 0 spiro atoms. The van der Waals surface area contributed by atoms with Gasteiger partial charge in [-0.05, 0) is 12.5 Å². The Morgan fingerprint density at radius 1 is 1.62 bits per heavy atom. The molecule has 0 saturated heterocycles. The van der Waals surface area contributed by atoms with Crippen molar-refractivity contribution >= 4 is 5.82 Å². The second-order valence-corrected chi connectivity index (χ2v) is 3.39. The maximum Gasteiger partial charge on any atom is 0.171 e. The van der Waals surface area contributed by atoms with E-state index in [9.17, 15) is 4.39 Å². The van der Waals surface area contributed by atoms with Crippen molar-refractivity contribution in [2.45, 2.75) is 20.0 Å². The van der Waals surface area contributed by atoms with E-state index in [1.807, 2.05) is 6.92 Å². The number of terminal acetylenes is 1. The van der Waals surface area contributed by atoms with Gasteiger partial charge in [0, 0.05) is 18.3 Å². The van der Waals surface area contributed by atoms with E-state index in [0.29, 0.717) is 13.1 Å². The highest BCUT2D eigenvalue weighted by Crippen LogP contribution is 2.19. The van der Waals surface area contributed by atoms with Gasteiger partial charge in [0.1, 0.15) is 0 Å². The first-order chi connectivity index (χ1) is 7.74. The van der Waals surface area contributed by atoms with E-state index in [0.717, 1.165) is 6.42 Å². The summed E-state index contributed by atoms with van der Waals surface area (Å²) >= 11 is 0. The average Bonchev–Trinajstić information content (AvgIpc) is 2.29. The van der Waals surface area contributed by atoms with Gasteiger partial charge in [0.25, 0.3) is 0 Å². The van der Waals surface area contributed by atoms with E-state index in [2.05, 4.69) is 10.9 Å². The Bertz CT molecular complexity index is 387. The van der Waals surface area contributed by atoms with Crippen LogP contribution in [-0.4, -0.2) is 23.2 Å². The molecule has 0 aliphatic rings. The third-order valence-electron chi connectivity index (χ3n) is 2.20. The molecule has 0 aliphatic carbocycles. The molecule has 0 atom stereocenters. The molecule has 0 unspecified atom stereocenters. The molecule has 0 saturated carbocycles. The van der Waals surface area contributed by atoms with Crippen LogP contribution in [0.1, 0.15) is 18.9 Å². The topological polar surface area (TPSA) is 36.4 Å². The number of aliphatic hydroxyl groups excluding tert-OH is 1. The zero-order chi connectivity index (χ0) is 12.0. The van der Waals surface area contributed by atoms with Crippen molar-refractivity contribution in [3.05, 3.63) is 23.6 Å². The molecule has 1 heterocycles. The van der Waals surface area contributed by atoms with Gasteiger partial charge in [0.2, 0.25) is 0 Å². The Hall–Kier alpha value is -1.60. The Kier molecular flexibility index (Phi) is 4.74. The first-order valence-corrected chi connectivity index (χ1v) is 5.17. The van der Waals surface area contributed by atoms with Gasteiger partial charge in [-0.15, -0.1) is 6.42 Å². The fourth-order valence-electron chi connectivity index (χ4n) is 1.45. The standard InChI is InChI=1S/C12H15FN2O/c1-3-7-15(8-4-2)12-11(13)10(9-16)5-6-14-12/h1,5-6,16H,4,7-9H2,2H3. The smallest absolute Gasteiger partial charge is 0.171 e. The maximum atomic E-state index is 13.8. The lowest BCUT2D eigenvalue weighted by molar-refractivity contribution is 0.275. The summed E-state index contributed by atoms with van der Waals surface area (Å²) in [6.45, 7) is 2.60. The van der Waals surface area contributed by atoms with Crippen molar-refractivity contribution in [1.82, 2.24) is 4.98 Å². The molecule has 86 valence electrons. The summed E-state index contributed by atoms with van der Waals surface area (Å²) in [4.78, 5) is 5.66. The molecule has 0 amide bonds. The first kappa shape index (κ1) is 12.5. The van der Waals surface area contributed by atoms with Crippen LogP contribution in [-0.2, 0) is 6.61 Å². The molecule has 1 rings (SSSR count). The molecule has 0 aliphatic heterocycles. The molecule has 3 nitrogen and oxygen atoms in total. The van der Waals surface area contributed by atoms with Gasteiger partial charge in [-0.25, -0.2) is 9.37 Å². The highest BCUT2D eigenvalue weighted by molar-refractivity contribution is 5.44. The highest BCUT2D eigenvalue weighted by atomic mass is 19.1. The monoisotopic (exact) mass is 222 g/mol. The van der Waals surface area contributed by atoms with E-state index in [4.69, 9.17) is 11.5 Å². The van der Waals surface area contributed by atoms with Crippen LogP contribution in [0.5, 0.6) is 0 Å². The molecule has 0 bridgehead atoms. The molecular weight excluding hydrogens is 207 g/mol. The van der Waals surface area contributed by atoms with E-state index < -0.39 is 5.82 Å². The molecule has 1 aromatic heterocycles. The molecule has 4 heteroatoms. The zero-order valence-corrected chi connectivity index (χ0v) is 9.28. The fourth-order valence-corrected chi connectivity index (χ4v) is 1.45. The van der Waals surface area contributed by atoms with E-state index in [-0.39, 0.29) is 18.0 Å². The van der Waals surface area contributed by atoms with Crippen molar-refractivity contribution in [2.24, 2.45) is 0 Å². The van der Waals surface area contributed by atoms with Crippen LogP contribution in [0.15, 0.2) is 12.3 Å². The van der Waals surface area contributed by atoms with Crippen molar-refractivity contribution in [3.8, 4) is 12.3 Å². The van der Waals surface area contributed by atoms with E-state index in [1.165, 1.54) is 12.3 Å². The van der Waals surface area contributed by atoms with E-state index in [1.54, 1.807) is 4.90 Å². The van der Waals surface area contributed by atoms with Crippen molar-refractivity contribution in [3.63, 3.8) is 0 Å². The Morgan fingerprint density at radius 3 is 2.94 bits per heavy atom. The second kappa shape index (κ2) is 6.09. The summed E-state index contributed by atoms with van der Waals surface area (Å²) in [6, 6.07) is 1.46. The molecule has 0 aromatic carbocycles. The number of halogens is 1. The van der Waals surface area contributed by atoms with Crippen LogP contribution < -0.4 is 4.90 Å². The van der Waals surface area contributed by atoms with Gasteiger partial charge in [-0.2, -0.15) is 0 Å². The van der Waals surface area contributed by atoms with Gasteiger partial charge in [0.05, 0.1) is 13.2 Å². The predicted molar refractivity (Wildman–Crippen MR) is 61.5 cm³/mol. The molecule has 16 heavy (non-hydrogen) atoms. The highest BCUT2D eigenvalue weighted by Gasteiger charge is 2.14. The Labute approximate surface area is 94.9 Å². The molecular formula is C12H15FN2O. The number of hydrogen-bond acceptors (Lipinski definition) is 3. The predicted octanol–water partition coefficient (Wildman–Crippen LogP) is 1.56. The summed E-state index contributed by atoms with van der Waals surface area (Å²) in [5, 5.41) is 8.96. The average molecular weight is 222 g/mol. The summed E-state index contributed by atoms with van der Waals surface area (Å²) < 4.78 is 13.8. The number of anilines is 1. The third-order valence-corrected chi connectivity index (χ3v) is 2.20. The van der Waals surface area contributed by atoms with Gasteiger partial charge in [0.15, 0.2) is 11.6 Å². The zero-order valence-electron chi connectivity index (χ0n) is 9.28. The first-order valence-electron chi connectivity index (χ1n) is 5.17. The Balaban J connectivity index is 3.04. The summed E-state index contributed by atoms with van der Waals surface area (Å²) in [5.74, 6) is 2.19. The summed E-state index contributed by atoms with van der Waals surface area (Å²) in [5.41, 5.74) is 0.239. The second-order valence-electron chi connectivity index (χ2n) is 3.39. The number of nitrogens with zero attached hydrogens (tertiary/aromatic N) is 2. The molecule has 0 fully saturated rings. The number of rotatable bonds is 5. The normalized spacial score (nSPS) is 9.88. The largest absolute Gasteiger partial charge is 0.392 e. The maximum absolute atomic E-state index is 13.8. The van der Waals surface area contributed by atoms with Gasteiger partial charge < -0.3 is 10.0 Å². The number of hydrogen-bond donors (Lipinski definition) is 1. The fraction of sp³-hybridized carbons (Fsp3) is 0.417. The van der Waals surface area contributed by atoms with Crippen LogP contribution in [0.3, 0.4) is 0 Å². The van der Waals surface area contributed by atoms with Crippen LogP contribution in [0.4, 0.5) is 10.2 Å². The summed E-state index contributed by atoms with van der Waals surface area (Å²) in [6.07, 6.45) is 7.56. The number of aliphatic hydroxyl groups is 1. The SMILES string of the molecule is C#CCN(CCC)c1nccc(CO)c1F. The van der Waals surface area contributed by atoms with Crippen LogP contribution in [0.2, 0.25) is 0 Å². The summed E-state index contributed by atoms with van der Waals surface area (Å²) in [7, 11) is 0. The Morgan fingerprint density at radius 2 is 2.38 bits per heavy atom. The number of aromatic nitrogens is 1. The van der Waals surface area contributed by atoms with Crippen LogP contribution >= 0.6 is 0 Å². The third kappa shape index (κ3) is 2.71. The minimum absolute atomic E-state index is 0.214. The van der Waals surface area contributed by atoms with Crippen molar-refractivity contribution in [1.29, 1.82) is 0 Å². The molecule has 0 radical (unpaired) electrons. The van der Waals surface area contributed by atoms with Gasteiger partial charge >= 0.3 is 0 Å². The molecule has 1 aromatic rings. The van der Waals surface area contributed by atoms with Crippen LogP contribution in [0.25, 0.3) is 0 Å². The minimum Gasteiger partial charge on any atom is -0.392 e. The van der Waals surface area contributed by atoms with Crippen molar-refractivity contribution < 1.29 is 9.50 Å². The lowest BCUT2D eigenvalue weighted by atomic mass is 10.2. The van der Waals surface area contributed by atoms with E-state index >= 15 is 0 Å². The van der Waals surface area contributed by atoms with Crippen LogP contribution in [0, 0.1) is 18.2 Å². The molecule has 1 N–H and O–H groups in total. The van der Waals surface area contributed by atoms with Crippen molar-refractivity contribution in [2.75, 3.05) is 18.0 Å².